The molecule has 0 spiro atoms. The molecule has 0 aromatic heterocycles. The number of carbonyl (C=O) groups is 2. The lowest BCUT2D eigenvalue weighted by atomic mass is 10.0. The Hall–Kier alpha value is -1.92. The van der Waals surface area contributed by atoms with Crippen LogP contribution in [0.1, 0.15) is 328 Å². The molecule has 2 unspecified atom stereocenters. The zero-order valence-corrected chi connectivity index (χ0v) is 46.3. The molecule has 6 heteroatoms. The lowest BCUT2D eigenvalue weighted by Crippen LogP contribution is -2.45. The summed E-state index contributed by atoms with van der Waals surface area (Å²) in [5, 5.41) is 23.1. The predicted octanol–water partition coefficient (Wildman–Crippen LogP) is 19.2. The molecular formula is C63H119NO5. The number of carbonyl (C=O) groups excluding carboxylic acids is 2. The third-order valence-electron chi connectivity index (χ3n) is 14.2. The monoisotopic (exact) mass is 970 g/mol. The van der Waals surface area contributed by atoms with Crippen molar-refractivity contribution >= 4 is 11.9 Å². The van der Waals surface area contributed by atoms with E-state index in [1.54, 1.807) is 6.08 Å². The van der Waals surface area contributed by atoms with Gasteiger partial charge in [0.1, 0.15) is 0 Å². The highest BCUT2D eigenvalue weighted by Crippen LogP contribution is 2.17. The smallest absolute Gasteiger partial charge is 0.305 e. The molecule has 0 aromatic rings. The van der Waals surface area contributed by atoms with Gasteiger partial charge in [-0.3, -0.25) is 9.59 Å². The summed E-state index contributed by atoms with van der Waals surface area (Å²) in [5.74, 6) is -0.0681. The maximum absolute atomic E-state index is 12.5. The fourth-order valence-electron chi connectivity index (χ4n) is 9.43. The normalized spacial score (nSPS) is 12.8. The van der Waals surface area contributed by atoms with Gasteiger partial charge < -0.3 is 20.3 Å². The van der Waals surface area contributed by atoms with E-state index in [2.05, 4.69) is 43.5 Å². The molecule has 0 fully saturated rings. The van der Waals surface area contributed by atoms with Gasteiger partial charge >= 0.3 is 5.97 Å². The first kappa shape index (κ1) is 67.1. The highest BCUT2D eigenvalue weighted by molar-refractivity contribution is 5.76. The van der Waals surface area contributed by atoms with Crippen molar-refractivity contribution in [3.05, 3.63) is 36.5 Å². The van der Waals surface area contributed by atoms with Gasteiger partial charge in [0.05, 0.1) is 25.4 Å². The first-order chi connectivity index (χ1) is 34.0. The van der Waals surface area contributed by atoms with E-state index < -0.39 is 12.1 Å². The molecule has 1 amide bonds. The van der Waals surface area contributed by atoms with Crippen LogP contribution in [-0.2, 0) is 14.3 Å². The standard InChI is InChI=1S/C63H119NO5/c1-3-5-7-9-11-13-15-17-19-20-21-25-29-33-37-41-45-49-53-57-63(68)69-58-54-50-46-42-38-34-30-26-23-22-24-28-32-36-40-44-48-52-56-62(67)64-60(59-65)61(66)55-51-47-43-39-35-31-27-18-16-14-12-10-8-6-4-2/h11,13,17,19,51,55,60-61,65-66H,3-10,12,14-16,18,20-50,52-54,56-59H2,1-2H3,(H,64,67)/b13-11-,19-17-,55-51+. The molecule has 406 valence electrons. The highest BCUT2D eigenvalue weighted by atomic mass is 16.5. The van der Waals surface area contributed by atoms with Crippen molar-refractivity contribution in [2.24, 2.45) is 0 Å². The Morgan fingerprint density at radius 3 is 1.13 bits per heavy atom. The first-order valence-electron chi connectivity index (χ1n) is 30.8. The summed E-state index contributed by atoms with van der Waals surface area (Å²) >= 11 is 0. The summed E-state index contributed by atoms with van der Waals surface area (Å²) in [6.45, 7) is 4.88. The van der Waals surface area contributed by atoms with Crippen LogP contribution in [0.4, 0.5) is 0 Å². The Bertz CT molecular complexity index is 1120. The third-order valence-corrected chi connectivity index (χ3v) is 14.2. The first-order valence-corrected chi connectivity index (χ1v) is 30.8. The average Bonchev–Trinajstić information content (AvgIpc) is 3.35. The van der Waals surface area contributed by atoms with Gasteiger partial charge in [-0.1, -0.05) is 288 Å². The van der Waals surface area contributed by atoms with Crippen LogP contribution in [0.2, 0.25) is 0 Å². The van der Waals surface area contributed by atoms with Crippen LogP contribution in [0.15, 0.2) is 36.5 Å². The zero-order chi connectivity index (χ0) is 50.0. The Morgan fingerprint density at radius 1 is 0.406 bits per heavy atom. The Labute approximate surface area is 430 Å². The quantitative estimate of drug-likeness (QED) is 0.0321. The minimum atomic E-state index is -0.847. The van der Waals surface area contributed by atoms with Gasteiger partial charge in [-0.2, -0.15) is 0 Å². The second-order valence-corrected chi connectivity index (χ2v) is 21.0. The van der Waals surface area contributed by atoms with Crippen LogP contribution in [0.5, 0.6) is 0 Å². The molecule has 69 heavy (non-hydrogen) atoms. The highest BCUT2D eigenvalue weighted by Gasteiger charge is 2.18. The van der Waals surface area contributed by atoms with E-state index >= 15 is 0 Å². The largest absolute Gasteiger partial charge is 0.466 e. The number of unbranched alkanes of at least 4 members (excludes halogenated alkanes) is 42. The van der Waals surface area contributed by atoms with E-state index in [1.807, 2.05) is 6.08 Å². The van der Waals surface area contributed by atoms with Crippen LogP contribution in [0.3, 0.4) is 0 Å². The zero-order valence-electron chi connectivity index (χ0n) is 46.3. The van der Waals surface area contributed by atoms with Crippen molar-refractivity contribution in [3.8, 4) is 0 Å². The summed E-state index contributed by atoms with van der Waals surface area (Å²) in [7, 11) is 0. The predicted molar refractivity (Wildman–Crippen MR) is 301 cm³/mol. The van der Waals surface area contributed by atoms with Crippen molar-refractivity contribution in [2.45, 2.75) is 341 Å². The number of rotatable bonds is 57. The van der Waals surface area contributed by atoms with Crippen molar-refractivity contribution in [1.29, 1.82) is 0 Å². The summed E-state index contributed by atoms with van der Waals surface area (Å²) in [6, 6.07) is -0.631. The van der Waals surface area contributed by atoms with Crippen LogP contribution < -0.4 is 5.32 Å². The molecule has 0 rings (SSSR count). The summed E-state index contributed by atoms with van der Waals surface area (Å²) in [5.41, 5.74) is 0. The number of nitrogens with one attached hydrogen (secondary N) is 1. The fraction of sp³-hybridized carbons (Fsp3) is 0.873. The van der Waals surface area contributed by atoms with Crippen molar-refractivity contribution in [1.82, 2.24) is 5.32 Å². The van der Waals surface area contributed by atoms with Crippen molar-refractivity contribution < 1.29 is 24.5 Å². The summed E-state index contributed by atoms with van der Waals surface area (Å²) < 4.78 is 5.49. The van der Waals surface area contributed by atoms with Gasteiger partial charge in [0.15, 0.2) is 0 Å². The minimum absolute atomic E-state index is 0.00281. The van der Waals surface area contributed by atoms with Gasteiger partial charge in [-0.25, -0.2) is 0 Å². The molecule has 0 radical (unpaired) electrons. The molecule has 6 nitrogen and oxygen atoms in total. The average molecular weight is 971 g/mol. The lowest BCUT2D eigenvalue weighted by Gasteiger charge is -2.20. The third kappa shape index (κ3) is 55.2. The van der Waals surface area contributed by atoms with Crippen LogP contribution in [0.25, 0.3) is 0 Å². The van der Waals surface area contributed by atoms with Gasteiger partial charge in [-0.15, -0.1) is 0 Å². The van der Waals surface area contributed by atoms with Crippen molar-refractivity contribution in [2.75, 3.05) is 13.2 Å². The number of aliphatic hydroxyl groups is 2. The molecule has 2 atom stereocenters. The Morgan fingerprint density at radius 2 is 0.725 bits per heavy atom. The van der Waals surface area contributed by atoms with E-state index in [0.29, 0.717) is 19.4 Å². The van der Waals surface area contributed by atoms with Gasteiger partial charge in [0, 0.05) is 12.8 Å². The number of hydrogen-bond donors (Lipinski definition) is 3. The van der Waals surface area contributed by atoms with Crippen LogP contribution in [-0.4, -0.2) is 47.4 Å². The topological polar surface area (TPSA) is 95.9 Å². The number of amides is 1. The minimum Gasteiger partial charge on any atom is -0.466 e. The molecule has 0 aliphatic rings. The Balaban J connectivity index is 3.42. The Kier molecular flexibility index (Phi) is 57.0. The lowest BCUT2D eigenvalue weighted by molar-refractivity contribution is -0.143. The van der Waals surface area contributed by atoms with Gasteiger partial charge in [0.25, 0.3) is 0 Å². The van der Waals surface area contributed by atoms with E-state index in [0.717, 1.165) is 51.4 Å². The molecule has 0 aliphatic carbocycles. The molecule has 0 saturated carbocycles. The second kappa shape index (κ2) is 58.6. The van der Waals surface area contributed by atoms with E-state index in [4.69, 9.17) is 4.74 Å². The number of allylic oxidation sites excluding steroid dienone is 5. The van der Waals surface area contributed by atoms with E-state index in [9.17, 15) is 19.8 Å². The van der Waals surface area contributed by atoms with E-state index in [-0.39, 0.29) is 18.5 Å². The maximum Gasteiger partial charge on any atom is 0.305 e. The second-order valence-electron chi connectivity index (χ2n) is 21.0. The number of aliphatic hydroxyl groups excluding tert-OH is 2. The van der Waals surface area contributed by atoms with Crippen LogP contribution in [0, 0.1) is 0 Å². The molecule has 0 bridgehead atoms. The maximum atomic E-state index is 12.5. The van der Waals surface area contributed by atoms with Crippen molar-refractivity contribution in [3.63, 3.8) is 0 Å². The number of esters is 1. The molecule has 0 saturated heterocycles. The number of ether oxygens (including phenoxy) is 1. The fourth-order valence-corrected chi connectivity index (χ4v) is 9.43. The summed E-state index contributed by atoms with van der Waals surface area (Å²) in [6.07, 6.45) is 73.1. The SMILES string of the molecule is CCCCC/C=C\C/C=C\CCCCCCCCCCCC(=O)OCCCCCCCCCCCCCCCCCCCCC(=O)NC(CO)C(O)/C=C/CCCCCCCCCCCCCCC. The molecule has 3 N–H and O–H groups in total. The summed E-state index contributed by atoms with van der Waals surface area (Å²) in [4.78, 5) is 24.6. The van der Waals surface area contributed by atoms with Crippen LogP contribution >= 0.6 is 0 Å². The molecule has 0 aliphatic heterocycles. The molecule has 0 aromatic carbocycles. The van der Waals surface area contributed by atoms with Gasteiger partial charge in [0.2, 0.25) is 5.91 Å². The molecule has 0 heterocycles. The van der Waals surface area contributed by atoms with E-state index in [1.165, 1.54) is 250 Å². The van der Waals surface area contributed by atoms with Gasteiger partial charge in [-0.05, 0) is 64.2 Å². The molecular weight excluding hydrogens is 851 g/mol. The number of hydrogen-bond acceptors (Lipinski definition) is 5.